The summed E-state index contributed by atoms with van der Waals surface area (Å²) in [5.41, 5.74) is 4.91. The average molecular weight is 345 g/mol. The van der Waals surface area contributed by atoms with Crippen LogP contribution in [0.4, 0.5) is 0 Å². The lowest BCUT2D eigenvalue weighted by Gasteiger charge is -2.03. The molecule has 0 unspecified atom stereocenters. The third kappa shape index (κ3) is 5.34. The molecule has 2 aromatic rings. The molecule has 4 heteroatoms. The lowest BCUT2D eigenvalue weighted by atomic mass is 10.1. The third-order valence-corrected chi connectivity index (χ3v) is 3.61. The van der Waals surface area contributed by atoms with E-state index < -0.39 is 0 Å². The van der Waals surface area contributed by atoms with Crippen LogP contribution in [0.1, 0.15) is 30.0 Å². The molecule has 0 spiro atoms. The maximum absolute atomic E-state index is 6.32. The minimum absolute atomic E-state index is 0.300. The zero-order chi connectivity index (χ0) is 16.5. The van der Waals surface area contributed by atoms with Gasteiger partial charge in [-0.1, -0.05) is 91.1 Å². The van der Waals surface area contributed by atoms with Crippen LogP contribution in [-0.2, 0) is 6.42 Å². The number of aliphatic imine (C=N–C) groups is 2. The number of nitrogens with zero attached hydrogens (tertiary/aromatic N) is 2. The minimum Gasteiger partial charge on any atom is -0.242 e. The molecule has 0 saturated carbocycles. The van der Waals surface area contributed by atoms with Crippen LogP contribution in [0.2, 0.25) is 0 Å². The Balaban J connectivity index is 2.29. The van der Waals surface area contributed by atoms with Gasteiger partial charge in [-0.15, -0.1) is 0 Å². The van der Waals surface area contributed by atoms with E-state index in [2.05, 4.69) is 29.0 Å². The van der Waals surface area contributed by atoms with Crippen LogP contribution in [-0.4, -0.2) is 11.9 Å². The van der Waals surface area contributed by atoms with Crippen molar-refractivity contribution in [2.45, 2.75) is 19.8 Å². The minimum atomic E-state index is 0.300. The largest absolute Gasteiger partial charge is 0.242 e. The number of aryl methyl sites for hydroxylation is 1. The number of hydrogen-bond acceptors (Lipinski definition) is 2. The van der Waals surface area contributed by atoms with E-state index in [0.717, 1.165) is 24.0 Å². The van der Waals surface area contributed by atoms with Gasteiger partial charge in [0, 0.05) is 11.8 Å². The van der Waals surface area contributed by atoms with Gasteiger partial charge >= 0.3 is 0 Å². The van der Waals surface area contributed by atoms with E-state index in [9.17, 15) is 0 Å². The van der Waals surface area contributed by atoms with Crippen molar-refractivity contribution in [3.05, 3.63) is 76.4 Å². The zero-order valence-corrected chi connectivity index (χ0v) is 14.4. The number of benzene rings is 2. The predicted molar refractivity (Wildman–Crippen MR) is 102 cm³/mol. The number of halogens is 2. The molecular weight excluding hydrogens is 327 g/mol. The number of hydrogen-bond donors (Lipinski definition) is 0. The molecule has 0 atom stereocenters. The molecule has 0 aromatic heterocycles. The fraction of sp³-hybridized carbons (Fsp3) is 0.158. The fourth-order valence-corrected chi connectivity index (χ4v) is 2.51. The first-order valence-electron chi connectivity index (χ1n) is 7.45. The van der Waals surface area contributed by atoms with Gasteiger partial charge in [0.05, 0.1) is 5.67 Å². The summed E-state index contributed by atoms with van der Waals surface area (Å²) in [7, 11) is 0. The van der Waals surface area contributed by atoms with Gasteiger partial charge in [0.2, 0.25) is 0 Å². The highest BCUT2D eigenvalue weighted by molar-refractivity contribution is 6.56. The molecule has 0 saturated heterocycles. The van der Waals surface area contributed by atoms with Gasteiger partial charge in [-0.05, 0) is 17.5 Å². The molecule has 0 fully saturated rings. The summed E-state index contributed by atoms with van der Waals surface area (Å²) in [4.78, 5) is 8.47. The summed E-state index contributed by atoms with van der Waals surface area (Å²) >= 11 is 11.9. The molecule has 0 N–H and O–H groups in total. The summed E-state index contributed by atoms with van der Waals surface area (Å²) in [6.07, 6.45) is 3.91. The Kier molecular flexibility index (Phi) is 7.05. The summed E-state index contributed by atoms with van der Waals surface area (Å²) in [6, 6.07) is 17.9. The molecule has 0 radical (unpaired) electrons. The second-order valence-electron chi connectivity index (χ2n) is 4.99. The van der Waals surface area contributed by atoms with E-state index in [1.165, 1.54) is 11.2 Å². The third-order valence-electron chi connectivity index (χ3n) is 3.24. The van der Waals surface area contributed by atoms with E-state index in [0.29, 0.717) is 10.9 Å². The second-order valence-corrected chi connectivity index (χ2v) is 5.54. The van der Waals surface area contributed by atoms with E-state index >= 15 is 0 Å². The summed E-state index contributed by atoms with van der Waals surface area (Å²) < 4.78 is 0. The topological polar surface area (TPSA) is 24.7 Å². The summed E-state index contributed by atoms with van der Waals surface area (Å²) in [5.74, 6) is 0. The van der Waals surface area contributed by atoms with Gasteiger partial charge in [0.1, 0.15) is 5.70 Å². The van der Waals surface area contributed by atoms with Crippen molar-refractivity contribution in [1.29, 1.82) is 0 Å². The van der Waals surface area contributed by atoms with Crippen LogP contribution in [0.5, 0.6) is 0 Å². The van der Waals surface area contributed by atoms with Crippen molar-refractivity contribution in [3.63, 3.8) is 0 Å². The first-order chi connectivity index (χ1) is 11.2. The van der Waals surface area contributed by atoms with Gasteiger partial charge in [-0.3, -0.25) is 0 Å². The molecule has 0 heterocycles. The van der Waals surface area contributed by atoms with Crippen LogP contribution < -0.4 is 0 Å². The first-order valence-corrected chi connectivity index (χ1v) is 8.27. The molecule has 23 heavy (non-hydrogen) atoms. The Bertz CT molecular complexity index is 719. The summed E-state index contributed by atoms with van der Waals surface area (Å²) in [5, 5.41) is 0.300. The van der Waals surface area contributed by atoms with Gasteiger partial charge < -0.3 is 0 Å². The predicted octanol–water partition coefficient (Wildman–Crippen LogP) is 5.89. The molecule has 2 aromatic carbocycles. The standard InChI is InChI=1S/C19H18Cl2N2/c1-2-7-15-8-6-9-16(12-15)13-22-19(21)18(23-14-20)17-10-4-3-5-11-17/h3-6,8-14H,2,7H2,1H3/b19-18-,22-13+,23-14?. The highest BCUT2D eigenvalue weighted by Crippen LogP contribution is 2.23. The fourth-order valence-electron chi connectivity index (χ4n) is 2.20. The molecule has 2 rings (SSSR count). The average Bonchev–Trinajstić information content (AvgIpc) is 2.59. The van der Waals surface area contributed by atoms with E-state index in [-0.39, 0.29) is 0 Å². The van der Waals surface area contributed by atoms with E-state index in [4.69, 9.17) is 23.2 Å². The maximum Gasteiger partial charge on any atom is 0.155 e. The smallest absolute Gasteiger partial charge is 0.155 e. The van der Waals surface area contributed by atoms with Crippen LogP contribution in [0, 0.1) is 0 Å². The van der Waals surface area contributed by atoms with Crippen LogP contribution in [0.3, 0.4) is 0 Å². The molecular formula is C19H18Cl2N2. The monoisotopic (exact) mass is 344 g/mol. The molecule has 0 aliphatic rings. The molecule has 0 aliphatic heterocycles. The second kappa shape index (κ2) is 9.29. The van der Waals surface area contributed by atoms with Crippen molar-refractivity contribution >= 4 is 40.8 Å². The zero-order valence-electron chi connectivity index (χ0n) is 12.9. The molecule has 0 amide bonds. The van der Waals surface area contributed by atoms with Crippen LogP contribution in [0.15, 0.2) is 69.7 Å². The molecule has 0 aliphatic carbocycles. The van der Waals surface area contributed by atoms with Crippen LogP contribution in [0.25, 0.3) is 5.70 Å². The van der Waals surface area contributed by atoms with Gasteiger partial charge in [-0.25, -0.2) is 9.98 Å². The Morgan fingerprint density at radius 2 is 1.83 bits per heavy atom. The Labute approximate surface area is 147 Å². The highest BCUT2D eigenvalue weighted by Gasteiger charge is 2.05. The Hall–Kier alpha value is -1.90. The Morgan fingerprint density at radius 1 is 1.04 bits per heavy atom. The summed E-state index contributed by atoms with van der Waals surface area (Å²) in [6.45, 7) is 2.16. The molecule has 0 bridgehead atoms. The van der Waals surface area contributed by atoms with Gasteiger partial charge in [-0.2, -0.15) is 0 Å². The highest BCUT2D eigenvalue weighted by atomic mass is 35.5. The van der Waals surface area contributed by atoms with Crippen molar-refractivity contribution in [2.24, 2.45) is 9.98 Å². The van der Waals surface area contributed by atoms with Crippen LogP contribution >= 0.6 is 23.2 Å². The van der Waals surface area contributed by atoms with Crippen molar-refractivity contribution in [1.82, 2.24) is 0 Å². The van der Waals surface area contributed by atoms with Gasteiger partial charge in [0.15, 0.2) is 5.16 Å². The maximum atomic E-state index is 6.32. The quantitative estimate of drug-likeness (QED) is 0.461. The molecule has 2 nitrogen and oxygen atoms in total. The normalized spacial score (nSPS) is 12.8. The number of rotatable bonds is 6. The SMILES string of the molecule is CCCc1cccc(/C=N/C(Cl)=C(\N=CCl)c2ccccc2)c1. The van der Waals surface area contributed by atoms with Crippen molar-refractivity contribution < 1.29 is 0 Å². The van der Waals surface area contributed by atoms with Crippen molar-refractivity contribution in [3.8, 4) is 0 Å². The lowest BCUT2D eigenvalue weighted by Crippen LogP contribution is -1.88. The van der Waals surface area contributed by atoms with Gasteiger partial charge in [0.25, 0.3) is 0 Å². The van der Waals surface area contributed by atoms with E-state index in [1.54, 1.807) is 6.21 Å². The lowest BCUT2D eigenvalue weighted by molar-refractivity contribution is 0.922. The molecule has 118 valence electrons. The van der Waals surface area contributed by atoms with E-state index in [1.807, 2.05) is 42.5 Å². The Morgan fingerprint density at radius 3 is 2.52 bits per heavy atom. The van der Waals surface area contributed by atoms with Crippen molar-refractivity contribution in [2.75, 3.05) is 0 Å². The first kappa shape index (κ1) is 17.5.